The summed E-state index contributed by atoms with van der Waals surface area (Å²) in [5.41, 5.74) is 0. The molecule has 1 rings (SSSR count). The van der Waals surface area contributed by atoms with E-state index in [0.29, 0.717) is 0 Å². The zero-order chi connectivity index (χ0) is 12.9. The molecule has 1 fully saturated rings. The van der Waals surface area contributed by atoms with Gasteiger partial charge in [-0.3, -0.25) is 0 Å². The van der Waals surface area contributed by atoms with Gasteiger partial charge in [-0.25, -0.2) is 0 Å². The molecule has 0 aromatic carbocycles. The number of rotatable bonds is 7. The van der Waals surface area contributed by atoms with Gasteiger partial charge in [0, 0.05) is 0 Å². The number of ether oxygens (including phenoxy) is 2. The van der Waals surface area contributed by atoms with Crippen molar-refractivity contribution in [2.24, 2.45) is 0 Å². The molecule has 1 N–H and O–H groups in total. The fourth-order valence-electron chi connectivity index (χ4n) is 2.25. The predicted molar refractivity (Wildman–Crippen MR) is 68.8 cm³/mol. The van der Waals surface area contributed by atoms with Gasteiger partial charge in [0.25, 0.3) is 0 Å². The first-order chi connectivity index (χ1) is 7.94. The van der Waals surface area contributed by atoms with Gasteiger partial charge in [0.15, 0.2) is 5.79 Å². The minimum absolute atomic E-state index is 0.0155. The van der Waals surface area contributed by atoms with Gasteiger partial charge in [-0.15, -0.1) is 6.58 Å². The Bertz CT molecular complexity index is 236. The molecule has 100 valence electrons. The summed E-state index contributed by atoms with van der Waals surface area (Å²) in [4.78, 5) is 0. The highest BCUT2D eigenvalue weighted by Gasteiger charge is 2.38. The van der Waals surface area contributed by atoms with Crippen molar-refractivity contribution in [3.63, 3.8) is 0 Å². The maximum Gasteiger partial charge on any atom is 0.164 e. The summed E-state index contributed by atoms with van der Waals surface area (Å²) in [7, 11) is 0. The Balaban J connectivity index is 2.20. The maximum absolute atomic E-state index is 9.15. The molecule has 1 heterocycles. The van der Waals surface area contributed by atoms with Gasteiger partial charge in [-0.2, -0.15) is 0 Å². The van der Waals surface area contributed by atoms with E-state index >= 15 is 0 Å². The minimum Gasteiger partial charge on any atom is -0.393 e. The molecule has 1 aliphatic heterocycles. The molecule has 0 spiro atoms. The molecule has 0 aromatic rings. The molecule has 3 nitrogen and oxygen atoms in total. The molecule has 0 unspecified atom stereocenters. The van der Waals surface area contributed by atoms with Gasteiger partial charge in [0.2, 0.25) is 0 Å². The number of unbranched alkanes of at least 4 members (excludes halogenated alkanes) is 2. The Labute approximate surface area is 105 Å². The third-order valence-electron chi connectivity index (χ3n) is 3.06. The van der Waals surface area contributed by atoms with E-state index in [1.807, 2.05) is 26.8 Å². The largest absolute Gasteiger partial charge is 0.393 e. The molecular formula is C14H26O3. The van der Waals surface area contributed by atoms with E-state index in [0.717, 1.165) is 32.1 Å². The molecule has 0 aromatic heterocycles. The first kappa shape index (κ1) is 14.7. The lowest BCUT2D eigenvalue weighted by Gasteiger charge is -2.16. The molecule has 3 atom stereocenters. The SMILES string of the molecule is C=C[C@@H]1OC(C)(C)O[C@H]1CCCCC[C@H](C)O. The van der Waals surface area contributed by atoms with E-state index in [1.165, 1.54) is 0 Å². The summed E-state index contributed by atoms with van der Waals surface area (Å²) in [6, 6.07) is 0. The Morgan fingerprint density at radius 1 is 1.29 bits per heavy atom. The van der Waals surface area contributed by atoms with Gasteiger partial charge in [-0.05, 0) is 33.6 Å². The number of hydrogen-bond acceptors (Lipinski definition) is 3. The third-order valence-corrected chi connectivity index (χ3v) is 3.06. The normalized spacial score (nSPS) is 29.2. The molecule has 17 heavy (non-hydrogen) atoms. The summed E-state index contributed by atoms with van der Waals surface area (Å²) >= 11 is 0. The highest BCUT2D eigenvalue weighted by atomic mass is 16.7. The molecular weight excluding hydrogens is 216 g/mol. The van der Waals surface area contributed by atoms with Crippen LogP contribution in [0.5, 0.6) is 0 Å². The molecule has 1 saturated heterocycles. The average molecular weight is 242 g/mol. The van der Waals surface area contributed by atoms with Crippen molar-refractivity contribution in [1.29, 1.82) is 0 Å². The number of aliphatic hydroxyl groups is 1. The van der Waals surface area contributed by atoms with Crippen molar-refractivity contribution < 1.29 is 14.6 Å². The van der Waals surface area contributed by atoms with Crippen LogP contribution in [-0.4, -0.2) is 29.2 Å². The minimum atomic E-state index is -0.483. The topological polar surface area (TPSA) is 38.7 Å². The fourth-order valence-corrected chi connectivity index (χ4v) is 2.25. The molecule has 0 aliphatic carbocycles. The van der Waals surface area contributed by atoms with Gasteiger partial charge < -0.3 is 14.6 Å². The number of hydrogen-bond donors (Lipinski definition) is 1. The van der Waals surface area contributed by atoms with Gasteiger partial charge >= 0.3 is 0 Å². The quantitative estimate of drug-likeness (QED) is 0.551. The van der Waals surface area contributed by atoms with Crippen LogP contribution < -0.4 is 0 Å². The summed E-state index contributed by atoms with van der Waals surface area (Å²) in [5, 5.41) is 9.15. The standard InChI is InChI=1S/C14H26O3/c1-5-12-13(17-14(3,4)16-12)10-8-6-7-9-11(2)15/h5,11-13,15H,1,6-10H2,2-4H3/t11-,12-,13-/m0/s1. The van der Waals surface area contributed by atoms with E-state index < -0.39 is 5.79 Å². The Kier molecular flexibility index (Phi) is 5.63. The van der Waals surface area contributed by atoms with Crippen LogP contribution in [0.1, 0.15) is 52.9 Å². The third kappa shape index (κ3) is 5.19. The molecule has 0 amide bonds. The van der Waals surface area contributed by atoms with E-state index in [2.05, 4.69) is 6.58 Å². The van der Waals surface area contributed by atoms with E-state index in [1.54, 1.807) is 0 Å². The zero-order valence-electron chi connectivity index (χ0n) is 11.3. The molecule has 0 saturated carbocycles. The molecule has 3 heteroatoms. The first-order valence-corrected chi connectivity index (χ1v) is 6.61. The zero-order valence-corrected chi connectivity index (χ0v) is 11.3. The molecule has 1 aliphatic rings. The predicted octanol–water partition coefficient (Wildman–Crippen LogP) is 3.02. The highest BCUT2D eigenvalue weighted by Crippen LogP contribution is 2.31. The Hall–Kier alpha value is -0.380. The van der Waals surface area contributed by atoms with Crippen molar-refractivity contribution >= 4 is 0 Å². The average Bonchev–Trinajstić information content (AvgIpc) is 2.52. The van der Waals surface area contributed by atoms with Crippen molar-refractivity contribution in [3.8, 4) is 0 Å². The lowest BCUT2D eigenvalue weighted by atomic mass is 10.0. The van der Waals surface area contributed by atoms with Crippen LogP contribution in [0.2, 0.25) is 0 Å². The fraction of sp³-hybridized carbons (Fsp3) is 0.857. The van der Waals surface area contributed by atoms with Crippen LogP contribution in [0.4, 0.5) is 0 Å². The smallest absolute Gasteiger partial charge is 0.164 e. The molecule has 0 radical (unpaired) electrons. The van der Waals surface area contributed by atoms with E-state index in [4.69, 9.17) is 14.6 Å². The van der Waals surface area contributed by atoms with Crippen LogP contribution in [-0.2, 0) is 9.47 Å². The van der Waals surface area contributed by atoms with E-state index in [9.17, 15) is 0 Å². The second-order valence-electron chi connectivity index (χ2n) is 5.36. The summed E-state index contributed by atoms with van der Waals surface area (Å²) < 4.78 is 11.6. The Morgan fingerprint density at radius 2 is 2.00 bits per heavy atom. The van der Waals surface area contributed by atoms with Gasteiger partial charge in [-0.1, -0.05) is 25.3 Å². The lowest BCUT2D eigenvalue weighted by molar-refractivity contribution is -0.143. The van der Waals surface area contributed by atoms with Crippen molar-refractivity contribution in [2.45, 2.75) is 77.0 Å². The van der Waals surface area contributed by atoms with Crippen molar-refractivity contribution in [2.75, 3.05) is 0 Å². The van der Waals surface area contributed by atoms with Crippen LogP contribution in [0.3, 0.4) is 0 Å². The summed E-state index contributed by atoms with van der Waals surface area (Å²) in [5.74, 6) is -0.483. The van der Waals surface area contributed by atoms with Crippen LogP contribution in [0.15, 0.2) is 12.7 Å². The Morgan fingerprint density at radius 3 is 2.59 bits per heavy atom. The maximum atomic E-state index is 9.15. The first-order valence-electron chi connectivity index (χ1n) is 6.61. The van der Waals surface area contributed by atoms with Gasteiger partial charge in [0.1, 0.15) is 6.10 Å². The number of aliphatic hydroxyl groups excluding tert-OH is 1. The second kappa shape index (κ2) is 6.53. The van der Waals surface area contributed by atoms with Crippen LogP contribution in [0, 0.1) is 0 Å². The summed E-state index contributed by atoms with van der Waals surface area (Å²) in [6.07, 6.45) is 7.01. The van der Waals surface area contributed by atoms with Crippen LogP contribution >= 0.6 is 0 Å². The summed E-state index contributed by atoms with van der Waals surface area (Å²) in [6.45, 7) is 9.51. The van der Waals surface area contributed by atoms with Gasteiger partial charge in [0.05, 0.1) is 12.2 Å². The second-order valence-corrected chi connectivity index (χ2v) is 5.36. The monoisotopic (exact) mass is 242 g/mol. The lowest BCUT2D eigenvalue weighted by Crippen LogP contribution is -2.21. The highest BCUT2D eigenvalue weighted by molar-refractivity contribution is 4.92. The van der Waals surface area contributed by atoms with Crippen LogP contribution in [0.25, 0.3) is 0 Å². The van der Waals surface area contributed by atoms with E-state index in [-0.39, 0.29) is 18.3 Å². The molecule has 0 bridgehead atoms. The van der Waals surface area contributed by atoms with Crippen molar-refractivity contribution in [1.82, 2.24) is 0 Å². The van der Waals surface area contributed by atoms with Crippen molar-refractivity contribution in [3.05, 3.63) is 12.7 Å².